The Morgan fingerprint density at radius 2 is 1.26 bits per heavy atom. The number of benzene rings is 8. The first kappa shape index (κ1) is 41.9. The van der Waals surface area contributed by atoms with Crippen molar-refractivity contribution < 1.29 is 4.42 Å². The second kappa shape index (κ2) is 15.7. The Bertz CT molecular complexity index is 4160. The van der Waals surface area contributed by atoms with Crippen molar-refractivity contribution in [2.45, 2.75) is 65.7 Å². The van der Waals surface area contributed by atoms with E-state index in [1.54, 1.807) is 0 Å². The average Bonchev–Trinajstić information content (AvgIpc) is 4.15. The predicted molar refractivity (Wildman–Crippen MR) is 293 cm³/mol. The summed E-state index contributed by atoms with van der Waals surface area (Å²) < 4.78 is 11.5. The first-order valence-corrected chi connectivity index (χ1v) is 24.6. The molecule has 0 aliphatic carbocycles. The molecule has 1 N–H and O–H groups in total. The first-order chi connectivity index (χ1) is 34.0. The fourth-order valence-electron chi connectivity index (χ4n) is 11.4. The number of para-hydroxylation sites is 4. The molecule has 0 spiro atoms. The zero-order valence-electron chi connectivity index (χ0n) is 40.6. The van der Waals surface area contributed by atoms with E-state index in [1.807, 2.05) is 18.3 Å². The standard InChI is InChI=1S/C64H53N5O/c1-37(2)42-23-15-24-43(38(3)4)57(42)39-18-14-19-41(34-39)68-54-29-16-25-44(59(54)67-63(68)49-31-32-51(64(5,6)7)58-48-22-8-11-27-52(48)66-60(49)58)40-35-50-46-21-10-13-30-56(46)70-61(50)55(36-40)69-53-28-12-9-20-45(53)47-26-17-33-65-62(47)69/h8-38,66H,1-7H3. The number of H-pyrrole nitrogens is 1. The third-order valence-corrected chi connectivity index (χ3v) is 14.6. The largest absolute Gasteiger partial charge is 0.454 e. The molecule has 70 heavy (non-hydrogen) atoms. The molecule has 0 atom stereocenters. The number of aromatic nitrogens is 5. The highest BCUT2D eigenvalue weighted by molar-refractivity contribution is 6.16. The molecular formula is C64H53N5O. The Morgan fingerprint density at radius 1 is 0.557 bits per heavy atom. The van der Waals surface area contributed by atoms with Gasteiger partial charge in [0.1, 0.15) is 17.1 Å². The third kappa shape index (κ3) is 6.32. The highest BCUT2D eigenvalue weighted by Gasteiger charge is 2.27. The Labute approximate surface area is 406 Å². The molecule has 0 bridgehead atoms. The fourth-order valence-corrected chi connectivity index (χ4v) is 11.4. The van der Waals surface area contributed by atoms with E-state index < -0.39 is 0 Å². The van der Waals surface area contributed by atoms with Crippen LogP contribution in [0.5, 0.6) is 0 Å². The van der Waals surface area contributed by atoms with E-state index in [4.69, 9.17) is 14.4 Å². The van der Waals surface area contributed by atoms with Gasteiger partial charge in [-0.15, -0.1) is 0 Å². The Morgan fingerprint density at radius 3 is 2.06 bits per heavy atom. The fraction of sp³-hybridized carbons (Fsp3) is 0.156. The van der Waals surface area contributed by atoms with Crippen LogP contribution in [0, 0.1) is 0 Å². The summed E-state index contributed by atoms with van der Waals surface area (Å²) in [7, 11) is 0. The Hall–Kier alpha value is -8.22. The van der Waals surface area contributed by atoms with Gasteiger partial charge in [-0.25, -0.2) is 9.97 Å². The molecule has 0 unspecified atom stereocenters. The molecule has 6 heteroatoms. The van der Waals surface area contributed by atoms with E-state index in [0.717, 1.165) is 99.8 Å². The summed E-state index contributed by atoms with van der Waals surface area (Å²) in [5.41, 5.74) is 19.3. The zero-order chi connectivity index (χ0) is 47.6. The lowest BCUT2D eigenvalue weighted by atomic mass is 9.83. The van der Waals surface area contributed by atoms with Gasteiger partial charge in [-0.1, -0.05) is 152 Å². The van der Waals surface area contributed by atoms with Gasteiger partial charge in [-0.05, 0) is 117 Å². The molecule has 0 aliphatic heterocycles. The molecule has 13 rings (SSSR count). The van der Waals surface area contributed by atoms with Crippen molar-refractivity contribution in [1.82, 2.24) is 24.1 Å². The van der Waals surface area contributed by atoms with Gasteiger partial charge in [0.2, 0.25) is 0 Å². The molecule has 0 fully saturated rings. The van der Waals surface area contributed by atoms with Crippen molar-refractivity contribution in [1.29, 1.82) is 0 Å². The molecule has 0 radical (unpaired) electrons. The molecule has 340 valence electrons. The molecule has 0 amide bonds. The summed E-state index contributed by atoms with van der Waals surface area (Å²) >= 11 is 0. The number of hydrogen-bond donors (Lipinski definition) is 1. The van der Waals surface area contributed by atoms with E-state index in [2.05, 4.69) is 220 Å². The second-order valence-electron chi connectivity index (χ2n) is 20.6. The lowest BCUT2D eigenvalue weighted by molar-refractivity contribution is 0.596. The number of hydrogen-bond acceptors (Lipinski definition) is 3. The molecule has 6 nitrogen and oxygen atoms in total. The van der Waals surface area contributed by atoms with Crippen LogP contribution in [0.3, 0.4) is 0 Å². The van der Waals surface area contributed by atoms with Gasteiger partial charge in [-0.3, -0.25) is 9.13 Å². The maximum atomic E-state index is 6.84. The van der Waals surface area contributed by atoms with Crippen LogP contribution in [0.15, 0.2) is 180 Å². The van der Waals surface area contributed by atoms with Crippen molar-refractivity contribution >= 4 is 76.7 Å². The average molecular weight is 908 g/mol. The van der Waals surface area contributed by atoms with E-state index in [9.17, 15) is 0 Å². The second-order valence-corrected chi connectivity index (χ2v) is 20.6. The number of fused-ring (bicyclic) bond motifs is 10. The molecule has 0 saturated carbocycles. The van der Waals surface area contributed by atoms with Gasteiger partial charge >= 0.3 is 0 Å². The van der Waals surface area contributed by atoms with E-state index in [-0.39, 0.29) is 5.41 Å². The monoisotopic (exact) mass is 907 g/mol. The summed E-state index contributed by atoms with van der Waals surface area (Å²) in [6.45, 7) is 16.1. The minimum absolute atomic E-state index is 0.0964. The molecule has 13 aromatic rings. The minimum atomic E-state index is -0.0964. The van der Waals surface area contributed by atoms with Crippen molar-refractivity contribution in [3.63, 3.8) is 0 Å². The molecular weight excluding hydrogens is 855 g/mol. The minimum Gasteiger partial charge on any atom is -0.454 e. The summed E-state index contributed by atoms with van der Waals surface area (Å²) in [5.74, 6) is 1.59. The topological polar surface area (TPSA) is 64.6 Å². The van der Waals surface area contributed by atoms with E-state index >= 15 is 0 Å². The van der Waals surface area contributed by atoms with Crippen LogP contribution in [-0.4, -0.2) is 24.1 Å². The Kier molecular flexibility index (Phi) is 9.38. The third-order valence-electron chi connectivity index (χ3n) is 14.6. The van der Waals surface area contributed by atoms with Crippen molar-refractivity contribution in [2.75, 3.05) is 0 Å². The maximum absolute atomic E-state index is 6.84. The van der Waals surface area contributed by atoms with Crippen LogP contribution in [0.25, 0.3) is 122 Å². The van der Waals surface area contributed by atoms with Crippen molar-refractivity contribution in [3.8, 4) is 45.0 Å². The molecule has 0 saturated heterocycles. The number of aromatic amines is 1. The van der Waals surface area contributed by atoms with Crippen LogP contribution in [0.2, 0.25) is 0 Å². The first-order valence-electron chi connectivity index (χ1n) is 24.6. The van der Waals surface area contributed by atoms with Gasteiger partial charge in [0.15, 0.2) is 5.58 Å². The number of furan rings is 1. The van der Waals surface area contributed by atoms with Gasteiger partial charge in [0, 0.05) is 60.8 Å². The number of nitrogens with one attached hydrogen (secondary N) is 1. The predicted octanol–water partition coefficient (Wildman–Crippen LogP) is 17.6. The van der Waals surface area contributed by atoms with Gasteiger partial charge in [-0.2, -0.15) is 0 Å². The van der Waals surface area contributed by atoms with E-state index in [1.165, 1.54) is 38.6 Å². The lowest BCUT2D eigenvalue weighted by Gasteiger charge is -2.22. The smallest absolute Gasteiger partial charge is 0.159 e. The van der Waals surface area contributed by atoms with Gasteiger partial charge in [0.25, 0.3) is 0 Å². The quantitative estimate of drug-likeness (QED) is 0.173. The summed E-state index contributed by atoms with van der Waals surface area (Å²) in [5, 5.41) is 6.79. The molecule has 5 heterocycles. The lowest BCUT2D eigenvalue weighted by Crippen LogP contribution is -2.11. The van der Waals surface area contributed by atoms with Crippen LogP contribution >= 0.6 is 0 Å². The number of pyridine rings is 1. The summed E-state index contributed by atoms with van der Waals surface area (Å²) in [6, 6.07) is 61.6. The Balaban J connectivity index is 1.13. The summed E-state index contributed by atoms with van der Waals surface area (Å²) in [4.78, 5) is 14.8. The number of nitrogens with zero attached hydrogens (tertiary/aromatic N) is 4. The summed E-state index contributed by atoms with van der Waals surface area (Å²) in [6.07, 6.45) is 1.88. The van der Waals surface area contributed by atoms with Crippen LogP contribution in [0.1, 0.15) is 77.0 Å². The normalized spacial score (nSPS) is 12.5. The maximum Gasteiger partial charge on any atom is 0.159 e. The van der Waals surface area contributed by atoms with Crippen LogP contribution in [0.4, 0.5) is 0 Å². The highest BCUT2D eigenvalue weighted by Crippen LogP contribution is 2.46. The van der Waals surface area contributed by atoms with E-state index in [0.29, 0.717) is 11.8 Å². The van der Waals surface area contributed by atoms with Gasteiger partial charge in [0.05, 0.1) is 27.8 Å². The molecule has 0 aliphatic rings. The molecule has 8 aromatic carbocycles. The number of rotatable bonds is 7. The molecule has 5 aromatic heterocycles. The van der Waals surface area contributed by atoms with Crippen molar-refractivity contribution in [2.24, 2.45) is 0 Å². The van der Waals surface area contributed by atoms with Crippen LogP contribution in [-0.2, 0) is 5.41 Å². The van der Waals surface area contributed by atoms with Crippen LogP contribution < -0.4 is 0 Å². The van der Waals surface area contributed by atoms with Gasteiger partial charge < -0.3 is 9.40 Å². The van der Waals surface area contributed by atoms with Crippen molar-refractivity contribution in [3.05, 3.63) is 193 Å². The SMILES string of the molecule is CC(C)c1cccc(C(C)C)c1-c1cccc(-n2c(-c3ccc(C(C)(C)C)c4c3[nH]c3ccccc34)nc3c(-c4cc(-n5c6ccccc6c6cccnc65)c5oc6ccccc6c5c4)cccc32)c1. The zero-order valence-corrected chi connectivity index (χ0v) is 40.6. The number of imidazole rings is 1. The highest BCUT2D eigenvalue weighted by atomic mass is 16.3.